The molecule has 1 radical (unpaired) electrons. The van der Waals surface area contributed by atoms with Crippen molar-refractivity contribution in [2.24, 2.45) is 0 Å². The van der Waals surface area contributed by atoms with E-state index in [4.69, 9.17) is 0 Å². The molecule has 0 N–H and O–H groups in total. The average Bonchev–Trinajstić information content (AvgIpc) is 1.86. The van der Waals surface area contributed by atoms with E-state index in [1.165, 1.54) is 11.5 Å². The topological polar surface area (TPSA) is 12.9 Å². The lowest BCUT2D eigenvalue weighted by Crippen LogP contribution is -1.56. The van der Waals surface area contributed by atoms with Crippen LogP contribution in [0.4, 0.5) is 0 Å². The Morgan fingerprint density at radius 3 is 3.00 bits per heavy atom. The van der Waals surface area contributed by atoms with Gasteiger partial charge in [0.2, 0.25) is 0 Å². The van der Waals surface area contributed by atoms with Crippen LogP contribution in [0, 0.1) is 9.77 Å². The van der Waals surface area contributed by atoms with Crippen molar-refractivity contribution < 1.29 is 0 Å². The zero-order valence-corrected chi connectivity index (χ0v) is 5.78. The molecule has 0 spiro atoms. The highest BCUT2D eigenvalue weighted by Crippen LogP contribution is 1.99. The molecule has 31 valence electrons. The fraction of sp³-hybridized carbons (Fsp3) is 0. The lowest BCUT2D eigenvalue weighted by atomic mass is 10.8. The third-order valence-corrected chi connectivity index (χ3v) is 1.75. The van der Waals surface area contributed by atoms with Gasteiger partial charge in [-0.3, -0.25) is 0 Å². The maximum Gasteiger partial charge on any atom is 0.123 e. The maximum atomic E-state index is 3.89. The monoisotopic (exact) mass is 210 g/mol. The highest BCUT2D eigenvalue weighted by Gasteiger charge is 1.80. The van der Waals surface area contributed by atoms with E-state index >= 15 is 0 Å². The van der Waals surface area contributed by atoms with Gasteiger partial charge in [-0.15, -0.1) is 0 Å². The van der Waals surface area contributed by atoms with E-state index < -0.39 is 0 Å². The summed E-state index contributed by atoms with van der Waals surface area (Å²) in [6.45, 7) is 0. The van der Waals surface area contributed by atoms with Crippen LogP contribution in [0.3, 0.4) is 0 Å². The molecular weight excluding hydrogens is 209 g/mol. The quantitative estimate of drug-likeness (QED) is 0.592. The van der Waals surface area contributed by atoms with Crippen LogP contribution in [-0.2, 0) is 0 Å². The Hall–Kier alpha value is 0.360. The molecule has 1 aromatic heterocycles. The van der Waals surface area contributed by atoms with E-state index in [1.54, 1.807) is 0 Å². The minimum Gasteiger partial charge on any atom is -0.186 e. The number of nitrogens with zero attached hydrogens (tertiary/aromatic N) is 1. The minimum absolute atomic E-state index is 0.956. The molecule has 6 heavy (non-hydrogen) atoms. The first-order valence-corrected chi connectivity index (χ1v) is 3.28. The lowest BCUT2D eigenvalue weighted by molar-refractivity contribution is 1.48. The fourth-order valence-electron chi connectivity index (χ4n) is 0.174. The second-order valence-corrected chi connectivity index (χ2v) is 2.40. The number of aromatic nitrogens is 1. The average molecular weight is 210 g/mol. The first kappa shape index (κ1) is 4.52. The van der Waals surface area contributed by atoms with Gasteiger partial charge in [0.1, 0.15) is 3.70 Å². The Bertz CT molecular complexity index is 114. The van der Waals surface area contributed by atoms with Crippen molar-refractivity contribution in [1.29, 1.82) is 0 Å². The third-order valence-electron chi connectivity index (χ3n) is 0.364. The summed E-state index contributed by atoms with van der Waals surface area (Å²) in [4.78, 5) is 0. The Morgan fingerprint density at radius 1 is 2.00 bits per heavy atom. The van der Waals surface area contributed by atoms with Gasteiger partial charge in [-0.05, 0) is 34.1 Å². The van der Waals surface area contributed by atoms with Gasteiger partial charge >= 0.3 is 0 Å². The van der Waals surface area contributed by atoms with Crippen LogP contribution in [0.15, 0.2) is 5.38 Å². The van der Waals surface area contributed by atoms with E-state index in [1.807, 2.05) is 5.38 Å². The van der Waals surface area contributed by atoms with Gasteiger partial charge in [0.05, 0.1) is 0 Å². The second kappa shape index (κ2) is 1.88. The van der Waals surface area contributed by atoms with Crippen LogP contribution >= 0.6 is 34.1 Å². The number of halogens is 1. The summed E-state index contributed by atoms with van der Waals surface area (Å²) in [6.07, 6.45) is 0. The summed E-state index contributed by atoms with van der Waals surface area (Å²) in [7, 11) is 0. The summed E-state index contributed by atoms with van der Waals surface area (Å²) in [6, 6.07) is 2.89. The molecule has 0 saturated carbocycles. The van der Waals surface area contributed by atoms with E-state index in [2.05, 4.69) is 33.0 Å². The summed E-state index contributed by atoms with van der Waals surface area (Å²) >= 11 is 3.55. The van der Waals surface area contributed by atoms with Crippen LogP contribution in [0.1, 0.15) is 0 Å². The molecule has 1 rings (SSSR count). The number of rotatable bonds is 0. The normalized spacial score (nSPS) is 8.83. The Balaban J connectivity index is 3.05. The molecule has 0 aromatic carbocycles. The Labute approximate surface area is 53.7 Å². The molecular formula is C3HINS. The maximum absolute atomic E-state index is 3.89. The molecule has 0 unspecified atom stereocenters. The molecule has 0 aliphatic rings. The van der Waals surface area contributed by atoms with Crippen LogP contribution in [-0.4, -0.2) is 4.37 Å². The standard InChI is InChI=1S/C3HINS/c4-3-1-2-6-5-3/h2H. The molecule has 0 atom stereocenters. The molecule has 0 saturated heterocycles. The summed E-state index contributed by atoms with van der Waals surface area (Å²) in [5, 5.41) is 1.84. The van der Waals surface area contributed by atoms with E-state index in [9.17, 15) is 0 Å². The van der Waals surface area contributed by atoms with Gasteiger partial charge in [0.25, 0.3) is 0 Å². The Morgan fingerprint density at radius 2 is 2.83 bits per heavy atom. The predicted octanol–water partition coefficient (Wildman–Crippen LogP) is 1.55. The van der Waals surface area contributed by atoms with Crippen LogP contribution < -0.4 is 0 Å². The zero-order valence-electron chi connectivity index (χ0n) is 2.81. The van der Waals surface area contributed by atoms with E-state index in [0.717, 1.165) is 3.70 Å². The Kier molecular flexibility index (Phi) is 1.42. The largest absolute Gasteiger partial charge is 0.186 e. The summed E-state index contributed by atoms with van der Waals surface area (Å²) in [5.74, 6) is 0. The van der Waals surface area contributed by atoms with E-state index in [-0.39, 0.29) is 0 Å². The van der Waals surface area contributed by atoms with Crippen LogP contribution in [0.2, 0.25) is 0 Å². The van der Waals surface area contributed by atoms with Crippen molar-refractivity contribution in [2.75, 3.05) is 0 Å². The molecule has 0 amide bonds. The van der Waals surface area contributed by atoms with Crippen molar-refractivity contribution >= 4 is 34.1 Å². The first-order valence-electron chi connectivity index (χ1n) is 1.37. The molecule has 0 fully saturated rings. The minimum atomic E-state index is 0.956. The highest BCUT2D eigenvalue weighted by molar-refractivity contribution is 14.1. The van der Waals surface area contributed by atoms with Crippen molar-refractivity contribution in [2.45, 2.75) is 0 Å². The smallest absolute Gasteiger partial charge is 0.123 e. The van der Waals surface area contributed by atoms with Crippen molar-refractivity contribution in [1.82, 2.24) is 4.37 Å². The zero-order chi connectivity index (χ0) is 4.41. The number of hydrogen-bond acceptors (Lipinski definition) is 2. The number of hydrogen-bond donors (Lipinski definition) is 0. The first-order chi connectivity index (χ1) is 2.89. The second-order valence-electron chi connectivity index (χ2n) is 0.750. The van der Waals surface area contributed by atoms with Crippen LogP contribution in [0.5, 0.6) is 0 Å². The van der Waals surface area contributed by atoms with Gasteiger partial charge in [0.15, 0.2) is 0 Å². The third kappa shape index (κ3) is 0.909. The molecule has 1 heterocycles. The van der Waals surface area contributed by atoms with Crippen molar-refractivity contribution in [3.63, 3.8) is 0 Å². The van der Waals surface area contributed by atoms with Crippen molar-refractivity contribution in [3.05, 3.63) is 15.1 Å². The van der Waals surface area contributed by atoms with Gasteiger partial charge < -0.3 is 0 Å². The predicted molar refractivity (Wildman–Crippen MR) is 33.7 cm³/mol. The summed E-state index contributed by atoms with van der Waals surface area (Å²) in [5.41, 5.74) is 0. The van der Waals surface area contributed by atoms with Gasteiger partial charge in [-0.2, -0.15) is 4.37 Å². The van der Waals surface area contributed by atoms with Crippen LogP contribution in [0.25, 0.3) is 0 Å². The molecule has 1 aromatic rings. The molecule has 0 aliphatic heterocycles. The molecule has 0 bridgehead atoms. The molecule has 1 nitrogen and oxygen atoms in total. The fourth-order valence-corrected chi connectivity index (χ4v) is 1.24. The van der Waals surface area contributed by atoms with E-state index in [0.29, 0.717) is 0 Å². The summed E-state index contributed by atoms with van der Waals surface area (Å²) < 4.78 is 4.85. The SMILES string of the molecule is Ic1[c]csn1. The van der Waals surface area contributed by atoms with Gasteiger partial charge in [0, 0.05) is 11.4 Å². The van der Waals surface area contributed by atoms with Gasteiger partial charge in [-0.25, -0.2) is 0 Å². The molecule has 3 heteroatoms. The van der Waals surface area contributed by atoms with Crippen molar-refractivity contribution in [3.8, 4) is 0 Å². The molecule has 0 aliphatic carbocycles. The van der Waals surface area contributed by atoms with Gasteiger partial charge in [-0.1, -0.05) is 0 Å². The lowest BCUT2D eigenvalue weighted by Gasteiger charge is -1.60. The highest BCUT2D eigenvalue weighted by atomic mass is 127.